The van der Waals surface area contributed by atoms with Crippen LogP contribution in [0, 0.1) is 18.3 Å². The third-order valence-electron chi connectivity index (χ3n) is 2.48. The van der Waals surface area contributed by atoms with Crippen LogP contribution in [-0.4, -0.2) is 4.98 Å². The maximum absolute atomic E-state index is 9.19. The molecule has 17 heavy (non-hydrogen) atoms. The summed E-state index contributed by atoms with van der Waals surface area (Å²) >= 11 is 0. The minimum atomic E-state index is 0.405. The van der Waals surface area contributed by atoms with E-state index in [4.69, 9.17) is 10.2 Å². The molecule has 84 valence electrons. The van der Waals surface area contributed by atoms with Crippen molar-refractivity contribution in [3.63, 3.8) is 0 Å². The highest BCUT2D eigenvalue weighted by Crippen LogP contribution is 2.24. The first-order valence-corrected chi connectivity index (χ1v) is 5.08. The summed E-state index contributed by atoms with van der Waals surface area (Å²) in [4.78, 5) is 3.98. The van der Waals surface area contributed by atoms with E-state index in [1.807, 2.05) is 0 Å². The van der Waals surface area contributed by atoms with Crippen molar-refractivity contribution in [1.82, 2.24) is 4.98 Å². The molecular weight excluding hydrogens is 214 g/mol. The number of rotatable bonds is 2. The molecule has 0 aliphatic carbocycles. The summed E-state index contributed by atoms with van der Waals surface area (Å²) in [6.45, 7) is 1.81. The van der Waals surface area contributed by atoms with Gasteiger partial charge >= 0.3 is 0 Å². The SMILES string of the molecule is Cc1occc1/C(N)=C(/C#N)c1cccnc1. The Labute approximate surface area is 99.0 Å². The molecule has 0 spiro atoms. The fourth-order valence-corrected chi connectivity index (χ4v) is 1.59. The van der Waals surface area contributed by atoms with Crippen molar-refractivity contribution < 1.29 is 4.42 Å². The molecule has 0 unspecified atom stereocenters. The van der Waals surface area contributed by atoms with Crippen LogP contribution in [0.5, 0.6) is 0 Å². The van der Waals surface area contributed by atoms with E-state index in [9.17, 15) is 5.26 Å². The van der Waals surface area contributed by atoms with Gasteiger partial charge in [0.15, 0.2) is 0 Å². The Bertz CT molecular complexity index is 591. The Morgan fingerprint density at radius 1 is 1.47 bits per heavy atom. The van der Waals surface area contributed by atoms with Gasteiger partial charge in [-0.3, -0.25) is 4.98 Å². The minimum Gasteiger partial charge on any atom is -0.469 e. The molecule has 0 aliphatic rings. The van der Waals surface area contributed by atoms with Gasteiger partial charge in [0.05, 0.1) is 17.5 Å². The average Bonchev–Trinajstić information content (AvgIpc) is 2.77. The summed E-state index contributed by atoms with van der Waals surface area (Å²) in [5.41, 5.74) is 8.25. The summed E-state index contributed by atoms with van der Waals surface area (Å²) < 4.78 is 5.18. The fourth-order valence-electron chi connectivity index (χ4n) is 1.59. The van der Waals surface area contributed by atoms with Gasteiger partial charge in [0.2, 0.25) is 0 Å². The normalized spacial score (nSPS) is 11.8. The zero-order valence-corrected chi connectivity index (χ0v) is 9.34. The van der Waals surface area contributed by atoms with E-state index in [-0.39, 0.29) is 0 Å². The predicted octanol–water partition coefficient (Wildman–Crippen LogP) is 2.33. The zero-order valence-electron chi connectivity index (χ0n) is 9.34. The minimum absolute atomic E-state index is 0.405. The standard InChI is InChI=1S/C13H11N3O/c1-9-11(4-6-17-9)13(15)12(7-14)10-3-2-5-16-8-10/h2-6,8H,15H2,1H3/b13-12+. The Kier molecular flexibility index (Phi) is 2.93. The number of hydrogen-bond acceptors (Lipinski definition) is 4. The van der Waals surface area contributed by atoms with Crippen molar-refractivity contribution in [3.8, 4) is 6.07 Å². The van der Waals surface area contributed by atoms with Crippen LogP contribution in [0.15, 0.2) is 41.3 Å². The number of aromatic nitrogens is 1. The van der Waals surface area contributed by atoms with E-state index >= 15 is 0 Å². The highest BCUT2D eigenvalue weighted by molar-refractivity contribution is 5.96. The van der Waals surface area contributed by atoms with Crippen molar-refractivity contribution in [1.29, 1.82) is 5.26 Å². The van der Waals surface area contributed by atoms with Crippen molar-refractivity contribution in [2.75, 3.05) is 0 Å². The lowest BCUT2D eigenvalue weighted by Gasteiger charge is -2.04. The monoisotopic (exact) mass is 225 g/mol. The molecule has 2 heterocycles. The lowest BCUT2D eigenvalue weighted by molar-refractivity contribution is 0.533. The number of nitrogens with zero attached hydrogens (tertiary/aromatic N) is 2. The van der Waals surface area contributed by atoms with E-state index in [1.165, 1.54) is 0 Å². The highest BCUT2D eigenvalue weighted by atomic mass is 16.3. The maximum atomic E-state index is 9.19. The first kappa shape index (κ1) is 11.0. The van der Waals surface area contributed by atoms with Crippen LogP contribution in [-0.2, 0) is 0 Å². The maximum Gasteiger partial charge on any atom is 0.109 e. The van der Waals surface area contributed by atoms with Gasteiger partial charge in [0.25, 0.3) is 0 Å². The number of pyridine rings is 1. The Balaban J connectivity index is 2.57. The first-order valence-electron chi connectivity index (χ1n) is 5.08. The topological polar surface area (TPSA) is 75.8 Å². The molecule has 2 aromatic rings. The van der Waals surface area contributed by atoms with Crippen LogP contribution < -0.4 is 5.73 Å². The summed E-state index contributed by atoms with van der Waals surface area (Å²) in [6, 6.07) is 7.42. The van der Waals surface area contributed by atoms with Crippen LogP contribution >= 0.6 is 0 Å². The molecule has 0 atom stereocenters. The van der Waals surface area contributed by atoms with Crippen molar-refractivity contribution in [2.45, 2.75) is 6.92 Å². The smallest absolute Gasteiger partial charge is 0.109 e. The number of aryl methyl sites for hydroxylation is 1. The number of nitrogens with two attached hydrogens (primary N) is 1. The lowest BCUT2D eigenvalue weighted by Crippen LogP contribution is -2.01. The van der Waals surface area contributed by atoms with E-state index in [0.29, 0.717) is 22.6 Å². The quantitative estimate of drug-likeness (QED) is 0.796. The summed E-state index contributed by atoms with van der Waals surface area (Å²) in [5.74, 6) is 0.694. The van der Waals surface area contributed by atoms with Gasteiger partial charge in [-0.1, -0.05) is 6.07 Å². The number of allylic oxidation sites excluding steroid dienone is 1. The van der Waals surface area contributed by atoms with Crippen molar-refractivity contribution >= 4 is 11.3 Å². The van der Waals surface area contributed by atoms with Gasteiger partial charge in [-0.05, 0) is 19.1 Å². The van der Waals surface area contributed by atoms with E-state index in [1.54, 1.807) is 43.8 Å². The number of nitriles is 1. The predicted molar refractivity (Wildman–Crippen MR) is 64.3 cm³/mol. The van der Waals surface area contributed by atoms with Gasteiger partial charge in [0.1, 0.15) is 11.8 Å². The Morgan fingerprint density at radius 2 is 2.29 bits per heavy atom. The zero-order chi connectivity index (χ0) is 12.3. The molecule has 0 bridgehead atoms. The van der Waals surface area contributed by atoms with Gasteiger partial charge in [-0.15, -0.1) is 0 Å². The van der Waals surface area contributed by atoms with Gasteiger partial charge in [-0.25, -0.2) is 0 Å². The van der Waals surface area contributed by atoms with Gasteiger partial charge in [-0.2, -0.15) is 5.26 Å². The first-order chi connectivity index (χ1) is 8.24. The molecule has 0 radical (unpaired) electrons. The molecule has 0 saturated heterocycles. The summed E-state index contributed by atoms with van der Waals surface area (Å²) in [6.07, 6.45) is 4.81. The molecule has 0 aliphatic heterocycles. The van der Waals surface area contributed by atoms with Crippen LogP contribution in [0.3, 0.4) is 0 Å². The highest BCUT2D eigenvalue weighted by Gasteiger charge is 2.11. The van der Waals surface area contributed by atoms with Crippen molar-refractivity contribution in [3.05, 3.63) is 53.7 Å². The number of furan rings is 1. The molecule has 2 N–H and O–H groups in total. The van der Waals surface area contributed by atoms with Gasteiger partial charge in [0, 0.05) is 23.5 Å². The van der Waals surface area contributed by atoms with Crippen LogP contribution in [0.4, 0.5) is 0 Å². The molecule has 0 saturated carbocycles. The second-order valence-electron chi connectivity index (χ2n) is 3.53. The third kappa shape index (κ3) is 2.04. The van der Waals surface area contributed by atoms with E-state index < -0.39 is 0 Å². The molecule has 4 nitrogen and oxygen atoms in total. The van der Waals surface area contributed by atoms with Crippen LogP contribution in [0.1, 0.15) is 16.9 Å². The summed E-state index contributed by atoms with van der Waals surface area (Å²) in [5, 5.41) is 9.19. The van der Waals surface area contributed by atoms with E-state index in [0.717, 1.165) is 5.56 Å². The van der Waals surface area contributed by atoms with Crippen LogP contribution in [0.25, 0.3) is 11.3 Å². The third-order valence-corrected chi connectivity index (χ3v) is 2.48. The fraction of sp³-hybridized carbons (Fsp3) is 0.0769. The molecule has 0 aromatic carbocycles. The Morgan fingerprint density at radius 3 is 2.82 bits per heavy atom. The second-order valence-corrected chi connectivity index (χ2v) is 3.53. The lowest BCUT2D eigenvalue weighted by atomic mass is 10.0. The summed E-state index contributed by atoms with van der Waals surface area (Å²) in [7, 11) is 0. The second kappa shape index (κ2) is 4.54. The van der Waals surface area contributed by atoms with Crippen LogP contribution in [0.2, 0.25) is 0 Å². The Hall–Kier alpha value is -2.54. The van der Waals surface area contributed by atoms with Gasteiger partial charge < -0.3 is 10.2 Å². The average molecular weight is 225 g/mol. The molecule has 0 fully saturated rings. The molecule has 2 rings (SSSR count). The largest absolute Gasteiger partial charge is 0.469 e. The van der Waals surface area contributed by atoms with E-state index in [2.05, 4.69) is 11.1 Å². The molecular formula is C13H11N3O. The van der Waals surface area contributed by atoms with Crippen molar-refractivity contribution in [2.24, 2.45) is 5.73 Å². The molecule has 2 aromatic heterocycles. The molecule has 4 heteroatoms. The number of hydrogen-bond donors (Lipinski definition) is 1. The molecule has 0 amide bonds.